The van der Waals surface area contributed by atoms with E-state index in [4.69, 9.17) is 11.6 Å². The summed E-state index contributed by atoms with van der Waals surface area (Å²) in [5, 5.41) is 0.734. The van der Waals surface area contributed by atoms with E-state index in [1.54, 1.807) is 0 Å². The number of benzene rings is 2. The van der Waals surface area contributed by atoms with Crippen molar-refractivity contribution in [3.63, 3.8) is 0 Å². The minimum Gasteiger partial charge on any atom is -0.338 e. The van der Waals surface area contributed by atoms with Crippen molar-refractivity contribution in [3.05, 3.63) is 70.2 Å². The molecule has 21 heavy (non-hydrogen) atoms. The van der Waals surface area contributed by atoms with Gasteiger partial charge in [0.15, 0.2) is 0 Å². The van der Waals surface area contributed by atoms with Gasteiger partial charge in [-0.05, 0) is 41.7 Å². The Morgan fingerprint density at radius 2 is 1.76 bits per heavy atom. The van der Waals surface area contributed by atoms with Crippen LogP contribution in [0, 0.1) is 0 Å². The maximum absolute atomic E-state index is 12.3. The van der Waals surface area contributed by atoms with Gasteiger partial charge >= 0.3 is 0 Å². The third-order valence-electron chi connectivity index (χ3n) is 4.02. The Labute approximate surface area is 130 Å². The molecule has 3 rings (SSSR count). The molecule has 0 bridgehead atoms. The first kappa shape index (κ1) is 14.2. The summed E-state index contributed by atoms with van der Waals surface area (Å²) < 4.78 is 0. The van der Waals surface area contributed by atoms with Crippen LogP contribution in [0.4, 0.5) is 0 Å². The normalized spacial score (nSPS) is 13.9. The van der Waals surface area contributed by atoms with Crippen LogP contribution in [0.2, 0.25) is 5.02 Å². The summed E-state index contributed by atoms with van der Waals surface area (Å²) in [7, 11) is 0. The van der Waals surface area contributed by atoms with Gasteiger partial charge in [0.05, 0.1) is 0 Å². The van der Waals surface area contributed by atoms with E-state index in [1.807, 2.05) is 35.2 Å². The highest BCUT2D eigenvalue weighted by Crippen LogP contribution is 2.19. The molecule has 0 aromatic heterocycles. The molecule has 0 N–H and O–H groups in total. The van der Waals surface area contributed by atoms with Crippen molar-refractivity contribution in [2.45, 2.75) is 25.8 Å². The first-order valence-electron chi connectivity index (χ1n) is 7.31. The molecule has 2 nitrogen and oxygen atoms in total. The van der Waals surface area contributed by atoms with Gasteiger partial charge in [-0.25, -0.2) is 0 Å². The molecule has 2 aromatic carbocycles. The maximum atomic E-state index is 12.3. The van der Waals surface area contributed by atoms with E-state index in [0.29, 0.717) is 6.42 Å². The van der Waals surface area contributed by atoms with Gasteiger partial charge in [0, 0.05) is 24.5 Å². The topological polar surface area (TPSA) is 20.3 Å². The molecule has 0 saturated carbocycles. The molecule has 1 heterocycles. The number of halogens is 1. The van der Waals surface area contributed by atoms with Gasteiger partial charge in [-0.3, -0.25) is 4.79 Å². The number of carbonyl (C=O) groups is 1. The molecule has 1 aliphatic rings. The maximum Gasteiger partial charge on any atom is 0.223 e. The van der Waals surface area contributed by atoms with Gasteiger partial charge in [-0.2, -0.15) is 0 Å². The summed E-state index contributed by atoms with van der Waals surface area (Å²) in [5.41, 5.74) is 3.81. The molecule has 0 radical (unpaired) electrons. The molecular formula is C18H18ClNO. The van der Waals surface area contributed by atoms with E-state index in [9.17, 15) is 4.79 Å². The summed E-state index contributed by atoms with van der Waals surface area (Å²) in [6, 6.07) is 16.1. The van der Waals surface area contributed by atoms with Crippen LogP contribution in [0.3, 0.4) is 0 Å². The summed E-state index contributed by atoms with van der Waals surface area (Å²) in [6.07, 6.45) is 2.29. The zero-order chi connectivity index (χ0) is 14.7. The average molecular weight is 300 g/mol. The minimum atomic E-state index is 0.236. The number of fused-ring (bicyclic) bond motifs is 1. The molecule has 0 saturated heterocycles. The predicted octanol–water partition coefficient (Wildman–Crippen LogP) is 3.86. The van der Waals surface area contributed by atoms with Crippen molar-refractivity contribution in [1.29, 1.82) is 0 Å². The van der Waals surface area contributed by atoms with Gasteiger partial charge in [0.1, 0.15) is 0 Å². The van der Waals surface area contributed by atoms with Crippen LogP contribution in [0.1, 0.15) is 23.1 Å². The fraction of sp³-hybridized carbons (Fsp3) is 0.278. The van der Waals surface area contributed by atoms with Gasteiger partial charge in [0.25, 0.3) is 0 Å². The van der Waals surface area contributed by atoms with Crippen molar-refractivity contribution in [2.75, 3.05) is 6.54 Å². The van der Waals surface area contributed by atoms with Crippen LogP contribution < -0.4 is 0 Å². The van der Waals surface area contributed by atoms with Crippen molar-refractivity contribution in [2.24, 2.45) is 0 Å². The summed E-state index contributed by atoms with van der Waals surface area (Å²) in [6.45, 7) is 1.58. The van der Waals surface area contributed by atoms with Crippen molar-refractivity contribution in [1.82, 2.24) is 4.90 Å². The molecule has 0 spiro atoms. The van der Waals surface area contributed by atoms with E-state index in [2.05, 4.69) is 18.2 Å². The van der Waals surface area contributed by atoms with Gasteiger partial charge < -0.3 is 4.90 Å². The van der Waals surface area contributed by atoms with E-state index < -0.39 is 0 Å². The molecule has 1 amide bonds. The van der Waals surface area contributed by atoms with E-state index >= 15 is 0 Å². The molecule has 0 unspecified atom stereocenters. The van der Waals surface area contributed by atoms with Crippen LogP contribution >= 0.6 is 11.6 Å². The number of amides is 1. The van der Waals surface area contributed by atoms with Crippen molar-refractivity contribution in [3.8, 4) is 0 Å². The number of hydrogen-bond donors (Lipinski definition) is 0. The zero-order valence-corrected chi connectivity index (χ0v) is 12.6. The first-order valence-corrected chi connectivity index (χ1v) is 7.69. The van der Waals surface area contributed by atoms with Crippen molar-refractivity contribution < 1.29 is 4.79 Å². The monoisotopic (exact) mass is 299 g/mol. The summed E-state index contributed by atoms with van der Waals surface area (Å²) >= 11 is 5.87. The average Bonchev–Trinajstić information content (AvgIpc) is 2.53. The first-order chi connectivity index (χ1) is 10.2. The standard InChI is InChI=1S/C18H18ClNO/c19-17-8-5-14(6-9-17)7-10-18(21)20-12-11-15-3-1-2-4-16(15)13-20/h1-6,8-9H,7,10-13H2. The molecule has 3 heteroatoms. The second kappa shape index (κ2) is 6.31. The lowest BCUT2D eigenvalue weighted by atomic mass is 9.99. The lowest BCUT2D eigenvalue weighted by Crippen LogP contribution is -2.36. The second-order valence-corrected chi connectivity index (χ2v) is 5.90. The smallest absolute Gasteiger partial charge is 0.223 e. The molecule has 1 aliphatic heterocycles. The fourth-order valence-corrected chi connectivity index (χ4v) is 2.90. The Kier molecular flexibility index (Phi) is 4.26. The van der Waals surface area contributed by atoms with Gasteiger partial charge in [0.2, 0.25) is 5.91 Å². The Balaban J connectivity index is 1.58. The summed E-state index contributed by atoms with van der Waals surface area (Å²) in [5.74, 6) is 0.236. The summed E-state index contributed by atoms with van der Waals surface area (Å²) in [4.78, 5) is 14.3. The third kappa shape index (κ3) is 3.45. The Hall–Kier alpha value is -1.80. The molecule has 2 aromatic rings. The van der Waals surface area contributed by atoms with E-state index in [1.165, 1.54) is 11.1 Å². The number of rotatable bonds is 3. The Morgan fingerprint density at radius 1 is 1.05 bits per heavy atom. The third-order valence-corrected chi connectivity index (χ3v) is 4.28. The van der Waals surface area contributed by atoms with Crippen LogP contribution in [0.5, 0.6) is 0 Å². The van der Waals surface area contributed by atoms with E-state index in [-0.39, 0.29) is 5.91 Å². The number of carbonyl (C=O) groups excluding carboxylic acids is 1. The van der Waals surface area contributed by atoms with Crippen LogP contribution in [-0.2, 0) is 24.2 Å². The molecule has 108 valence electrons. The van der Waals surface area contributed by atoms with Crippen LogP contribution in [-0.4, -0.2) is 17.4 Å². The molecule has 0 atom stereocenters. The highest BCUT2D eigenvalue weighted by molar-refractivity contribution is 6.30. The molecule has 0 aliphatic carbocycles. The van der Waals surface area contributed by atoms with Gasteiger partial charge in [-0.15, -0.1) is 0 Å². The minimum absolute atomic E-state index is 0.236. The van der Waals surface area contributed by atoms with Crippen molar-refractivity contribution >= 4 is 17.5 Å². The SMILES string of the molecule is O=C(CCc1ccc(Cl)cc1)N1CCc2ccccc2C1. The van der Waals surface area contributed by atoms with Crippen LogP contribution in [0.25, 0.3) is 0 Å². The lowest BCUT2D eigenvalue weighted by molar-refractivity contribution is -0.132. The van der Waals surface area contributed by atoms with E-state index in [0.717, 1.165) is 36.5 Å². The predicted molar refractivity (Wildman–Crippen MR) is 85.3 cm³/mol. The lowest BCUT2D eigenvalue weighted by Gasteiger charge is -2.29. The second-order valence-electron chi connectivity index (χ2n) is 5.46. The number of nitrogens with zero attached hydrogens (tertiary/aromatic N) is 1. The number of hydrogen-bond acceptors (Lipinski definition) is 1. The number of aryl methyl sites for hydroxylation is 1. The highest BCUT2D eigenvalue weighted by atomic mass is 35.5. The highest BCUT2D eigenvalue weighted by Gasteiger charge is 2.19. The quantitative estimate of drug-likeness (QED) is 0.843. The molecule has 0 fully saturated rings. The molecular weight excluding hydrogens is 282 g/mol. The Morgan fingerprint density at radius 3 is 2.52 bits per heavy atom. The largest absolute Gasteiger partial charge is 0.338 e. The zero-order valence-electron chi connectivity index (χ0n) is 11.9. The fourth-order valence-electron chi connectivity index (χ4n) is 2.77. The van der Waals surface area contributed by atoms with Crippen LogP contribution in [0.15, 0.2) is 48.5 Å². The Bertz CT molecular complexity index is 636. The van der Waals surface area contributed by atoms with Gasteiger partial charge in [-0.1, -0.05) is 48.0 Å².